The molecule has 0 fully saturated rings. The van der Waals surface area contributed by atoms with Crippen LogP contribution in [0, 0.1) is 11.3 Å². The summed E-state index contributed by atoms with van der Waals surface area (Å²) in [4.78, 5) is 25.7. The van der Waals surface area contributed by atoms with Gasteiger partial charge in [-0.25, -0.2) is 0 Å². The predicted molar refractivity (Wildman–Crippen MR) is 111 cm³/mol. The Hall–Kier alpha value is -3.50. The summed E-state index contributed by atoms with van der Waals surface area (Å²) in [5.41, 5.74) is 1.19. The highest BCUT2D eigenvalue weighted by Gasteiger charge is 2.12. The minimum Gasteiger partial charge on any atom is -0.493 e. The highest BCUT2D eigenvalue weighted by Crippen LogP contribution is 2.28. The number of rotatable bonds is 8. The van der Waals surface area contributed by atoms with E-state index in [0.717, 1.165) is 0 Å². The highest BCUT2D eigenvalue weighted by molar-refractivity contribution is 6.33. The van der Waals surface area contributed by atoms with E-state index in [-0.39, 0.29) is 25.0 Å². The van der Waals surface area contributed by atoms with E-state index in [0.29, 0.717) is 27.8 Å². The number of hydrogen-bond acceptors (Lipinski definition) is 5. The quantitative estimate of drug-likeness (QED) is 0.670. The normalized spacial score (nSPS) is 10.3. The molecule has 8 heteroatoms. The van der Waals surface area contributed by atoms with Gasteiger partial charge in [-0.05, 0) is 35.9 Å². The van der Waals surface area contributed by atoms with Crippen LogP contribution in [0.4, 0.5) is 5.69 Å². The molecule has 0 atom stereocenters. The summed E-state index contributed by atoms with van der Waals surface area (Å²) in [5, 5.41) is 11.7. The molecule has 0 spiro atoms. The number of benzene rings is 2. The average molecular weight is 414 g/mol. The number of anilines is 1. The first-order valence-electron chi connectivity index (χ1n) is 8.60. The molecule has 1 N–H and O–H groups in total. The van der Waals surface area contributed by atoms with Crippen molar-refractivity contribution in [3.63, 3.8) is 0 Å². The van der Waals surface area contributed by atoms with E-state index in [2.05, 4.69) is 5.32 Å². The van der Waals surface area contributed by atoms with E-state index in [1.54, 1.807) is 48.5 Å². The molecule has 0 saturated heterocycles. The van der Waals surface area contributed by atoms with E-state index in [4.69, 9.17) is 26.3 Å². The Morgan fingerprint density at radius 1 is 1.24 bits per heavy atom. The van der Waals surface area contributed by atoms with E-state index in [1.807, 2.05) is 6.07 Å². The van der Waals surface area contributed by atoms with Crippen LogP contribution in [0.5, 0.6) is 11.5 Å². The van der Waals surface area contributed by atoms with Gasteiger partial charge < -0.3 is 19.7 Å². The van der Waals surface area contributed by atoms with Crippen molar-refractivity contribution < 1.29 is 19.1 Å². The van der Waals surface area contributed by atoms with Crippen LogP contribution < -0.4 is 14.8 Å². The summed E-state index contributed by atoms with van der Waals surface area (Å²) in [6, 6.07) is 13.8. The molecule has 29 heavy (non-hydrogen) atoms. The second kappa shape index (κ2) is 10.7. The maximum atomic E-state index is 12.3. The van der Waals surface area contributed by atoms with E-state index in [1.165, 1.54) is 25.1 Å². The van der Waals surface area contributed by atoms with Gasteiger partial charge in [0.15, 0.2) is 18.1 Å². The molecule has 0 aromatic heterocycles. The molecule has 0 bridgehead atoms. The third-order valence-corrected chi connectivity index (χ3v) is 4.13. The number of carbonyl (C=O) groups is 2. The van der Waals surface area contributed by atoms with Crippen LogP contribution in [0.2, 0.25) is 5.02 Å². The first-order valence-corrected chi connectivity index (χ1v) is 8.97. The molecule has 0 aliphatic heterocycles. The molecule has 0 saturated carbocycles. The standard InChI is InChI=1S/C21H20ClN3O4/c1-25(14-20(26)24-17-6-4-3-5-16(17)22)21(27)10-8-15-7-9-18(29-12-11-23)19(13-15)28-2/h3-10,13H,12,14H2,1-2H3,(H,24,26)/b10-8+. The summed E-state index contributed by atoms with van der Waals surface area (Å²) >= 11 is 6.01. The lowest BCUT2D eigenvalue weighted by atomic mass is 10.2. The molecule has 0 aliphatic carbocycles. The van der Waals surface area contributed by atoms with Crippen molar-refractivity contribution in [2.24, 2.45) is 0 Å². The number of nitrogens with one attached hydrogen (secondary N) is 1. The van der Waals surface area contributed by atoms with Gasteiger partial charge in [0, 0.05) is 13.1 Å². The second-order valence-electron chi connectivity index (χ2n) is 5.91. The van der Waals surface area contributed by atoms with Gasteiger partial charge in [0.1, 0.15) is 6.07 Å². The van der Waals surface area contributed by atoms with Crippen molar-refractivity contribution in [3.05, 3.63) is 59.1 Å². The van der Waals surface area contributed by atoms with Gasteiger partial charge in [0.2, 0.25) is 11.8 Å². The number of ether oxygens (including phenoxy) is 2. The van der Waals surface area contributed by atoms with Crippen molar-refractivity contribution in [1.29, 1.82) is 5.26 Å². The lowest BCUT2D eigenvalue weighted by Gasteiger charge is -2.15. The number of methoxy groups -OCH3 is 1. The summed E-state index contributed by atoms with van der Waals surface area (Å²) in [6.07, 6.45) is 2.95. The zero-order chi connectivity index (χ0) is 21.2. The Morgan fingerprint density at radius 2 is 2.00 bits per heavy atom. The average Bonchev–Trinajstić information content (AvgIpc) is 2.72. The minimum absolute atomic E-state index is 0.0922. The second-order valence-corrected chi connectivity index (χ2v) is 6.32. The van der Waals surface area contributed by atoms with E-state index >= 15 is 0 Å². The third kappa shape index (κ3) is 6.55. The smallest absolute Gasteiger partial charge is 0.246 e. The fourth-order valence-corrected chi connectivity index (χ4v) is 2.54. The molecule has 0 unspecified atom stereocenters. The number of nitriles is 1. The maximum absolute atomic E-state index is 12.3. The van der Waals surface area contributed by atoms with Crippen molar-refractivity contribution in [2.45, 2.75) is 0 Å². The molecule has 150 valence electrons. The van der Waals surface area contributed by atoms with Crippen LogP contribution in [0.1, 0.15) is 5.56 Å². The van der Waals surface area contributed by atoms with Gasteiger partial charge in [0.05, 0.1) is 24.4 Å². The third-order valence-electron chi connectivity index (χ3n) is 3.80. The largest absolute Gasteiger partial charge is 0.493 e. The zero-order valence-corrected chi connectivity index (χ0v) is 16.8. The summed E-state index contributed by atoms with van der Waals surface area (Å²) in [7, 11) is 3.01. The van der Waals surface area contributed by atoms with Crippen LogP contribution in [-0.4, -0.2) is 44.0 Å². The van der Waals surface area contributed by atoms with Crippen LogP contribution in [0.3, 0.4) is 0 Å². The first-order chi connectivity index (χ1) is 13.9. The van der Waals surface area contributed by atoms with Gasteiger partial charge >= 0.3 is 0 Å². The number of para-hydroxylation sites is 1. The minimum atomic E-state index is -0.358. The van der Waals surface area contributed by atoms with Crippen molar-refractivity contribution in [3.8, 4) is 17.6 Å². The van der Waals surface area contributed by atoms with Crippen molar-refractivity contribution >= 4 is 35.2 Å². The van der Waals surface area contributed by atoms with Gasteiger partial charge in [-0.15, -0.1) is 0 Å². The number of likely N-dealkylation sites (N-methyl/N-ethyl adjacent to an activating group) is 1. The molecule has 2 rings (SSSR count). The Bertz CT molecular complexity index is 953. The number of carbonyl (C=O) groups excluding carboxylic acids is 2. The van der Waals surface area contributed by atoms with Crippen LogP contribution in [0.25, 0.3) is 6.08 Å². The molecule has 0 aliphatic rings. The van der Waals surface area contributed by atoms with Gasteiger partial charge in [-0.3, -0.25) is 9.59 Å². The Kier molecular flexibility index (Phi) is 8.07. The molecular weight excluding hydrogens is 394 g/mol. The highest BCUT2D eigenvalue weighted by atomic mass is 35.5. The maximum Gasteiger partial charge on any atom is 0.246 e. The predicted octanol–water partition coefficient (Wildman–Crippen LogP) is 3.36. The fourth-order valence-electron chi connectivity index (χ4n) is 2.36. The molecule has 2 amide bonds. The van der Waals surface area contributed by atoms with Gasteiger partial charge in [-0.1, -0.05) is 29.8 Å². The first kappa shape index (κ1) is 21.8. The molecule has 2 aromatic rings. The number of hydrogen-bond donors (Lipinski definition) is 1. The van der Waals surface area contributed by atoms with Gasteiger partial charge in [0.25, 0.3) is 0 Å². The topological polar surface area (TPSA) is 91.7 Å². The number of halogens is 1. The lowest BCUT2D eigenvalue weighted by molar-refractivity contribution is -0.129. The number of nitrogens with zero attached hydrogens (tertiary/aromatic N) is 2. The fraction of sp³-hybridized carbons (Fsp3) is 0.190. The number of amides is 2. The molecular formula is C21H20ClN3O4. The summed E-state index contributed by atoms with van der Waals surface area (Å²) < 4.78 is 10.5. The van der Waals surface area contributed by atoms with Gasteiger partial charge in [-0.2, -0.15) is 5.26 Å². The Labute approximate surface area is 174 Å². The SMILES string of the molecule is COc1cc(/C=C/C(=O)N(C)CC(=O)Nc2ccccc2Cl)ccc1OCC#N. The van der Waals surface area contributed by atoms with E-state index < -0.39 is 0 Å². The Balaban J connectivity index is 1.96. The molecule has 0 heterocycles. The Morgan fingerprint density at radius 3 is 2.69 bits per heavy atom. The summed E-state index contributed by atoms with van der Waals surface area (Å²) in [6.45, 7) is -0.219. The van der Waals surface area contributed by atoms with Crippen LogP contribution in [-0.2, 0) is 9.59 Å². The molecule has 7 nitrogen and oxygen atoms in total. The van der Waals surface area contributed by atoms with Crippen molar-refractivity contribution in [1.82, 2.24) is 4.90 Å². The summed E-state index contributed by atoms with van der Waals surface area (Å²) in [5.74, 6) is 0.180. The van der Waals surface area contributed by atoms with E-state index in [9.17, 15) is 9.59 Å². The monoisotopic (exact) mass is 413 g/mol. The lowest BCUT2D eigenvalue weighted by Crippen LogP contribution is -2.33. The van der Waals surface area contributed by atoms with Crippen LogP contribution in [0.15, 0.2) is 48.5 Å². The molecule has 2 aromatic carbocycles. The molecule has 0 radical (unpaired) electrons. The van der Waals surface area contributed by atoms with Crippen LogP contribution >= 0.6 is 11.6 Å². The van der Waals surface area contributed by atoms with Crippen molar-refractivity contribution in [2.75, 3.05) is 32.6 Å². The zero-order valence-electron chi connectivity index (χ0n) is 16.0.